The summed E-state index contributed by atoms with van der Waals surface area (Å²) in [6.45, 7) is 0. The fourth-order valence-electron chi connectivity index (χ4n) is 3.28. The molecule has 0 spiro atoms. The number of nitrogens with one attached hydrogen (secondary N) is 2. The second-order valence-corrected chi connectivity index (χ2v) is 9.46. The summed E-state index contributed by atoms with van der Waals surface area (Å²) in [6.07, 6.45) is 3.35. The third-order valence-corrected chi connectivity index (χ3v) is 6.05. The molecule has 3 aromatic heterocycles. The first-order valence-corrected chi connectivity index (χ1v) is 12.0. The number of halogens is 3. The van der Waals surface area contributed by atoms with Crippen LogP contribution in [0.2, 0.25) is 10.0 Å². The average molecular weight is 588 g/mol. The third kappa shape index (κ3) is 5.23. The summed E-state index contributed by atoms with van der Waals surface area (Å²) in [4.78, 5) is 21.3. The Hall–Kier alpha value is -3.24. The number of carbonyl (C=O) groups excluding carboxylic acids is 1. The molecule has 5 rings (SSSR count). The van der Waals surface area contributed by atoms with Gasteiger partial charge in [-0.3, -0.25) is 15.1 Å². The molecule has 3 heterocycles. The molecule has 0 aliphatic carbocycles. The van der Waals surface area contributed by atoms with E-state index >= 15 is 0 Å². The quantitative estimate of drug-likeness (QED) is 0.212. The van der Waals surface area contributed by atoms with Gasteiger partial charge in [0.25, 0.3) is 5.91 Å². The molecule has 0 aliphatic rings. The average Bonchev–Trinajstić information content (AvgIpc) is 3.48. The Morgan fingerprint density at radius 1 is 1.00 bits per heavy atom. The minimum Gasteiger partial charge on any atom is -0.451 e. The predicted molar refractivity (Wildman–Crippen MR) is 143 cm³/mol. The maximum atomic E-state index is 12.6. The molecule has 174 valence electrons. The lowest BCUT2D eigenvalue weighted by molar-refractivity contribution is 0.0951. The number of hydrogen-bond donors (Lipinski definition) is 2. The molecule has 0 radical (unpaired) electrons. The molecule has 0 atom stereocenters. The van der Waals surface area contributed by atoms with Gasteiger partial charge in [0.1, 0.15) is 11.3 Å². The number of anilines is 1. The van der Waals surface area contributed by atoms with Crippen molar-refractivity contribution in [2.45, 2.75) is 0 Å². The van der Waals surface area contributed by atoms with Crippen molar-refractivity contribution in [3.63, 3.8) is 0 Å². The highest BCUT2D eigenvalue weighted by Crippen LogP contribution is 2.32. The van der Waals surface area contributed by atoms with Crippen molar-refractivity contribution in [1.29, 1.82) is 0 Å². The largest absolute Gasteiger partial charge is 0.451 e. The zero-order valence-corrected chi connectivity index (χ0v) is 21.4. The number of aromatic nitrogens is 2. The van der Waals surface area contributed by atoms with E-state index in [9.17, 15) is 4.79 Å². The molecule has 2 N–H and O–H groups in total. The molecule has 0 saturated carbocycles. The van der Waals surface area contributed by atoms with Crippen LogP contribution < -0.4 is 10.6 Å². The van der Waals surface area contributed by atoms with Crippen molar-refractivity contribution in [3.05, 3.63) is 87.3 Å². The van der Waals surface area contributed by atoms with Gasteiger partial charge in [-0.25, -0.2) is 4.98 Å². The van der Waals surface area contributed by atoms with Gasteiger partial charge in [0.2, 0.25) is 5.89 Å². The Kier molecular flexibility index (Phi) is 6.57. The maximum Gasteiger partial charge on any atom is 0.293 e. The van der Waals surface area contributed by atoms with Crippen molar-refractivity contribution in [2.75, 3.05) is 5.32 Å². The molecule has 0 saturated heterocycles. The van der Waals surface area contributed by atoms with Crippen LogP contribution in [0.25, 0.3) is 33.9 Å². The number of fused-ring (bicyclic) bond motifs is 1. The zero-order chi connectivity index (χ0) is 24.5. The van der Waals surface area contributed by atoms with Crippen molar-refractivity contribution >= 4 is 79.2 Å². The van der Waals surface area contributed by atoms with E-state index in [1.807, 2.05) is 6.07 Å². The summed E-state index contributed by atoms with van der Waals surface area (Å²) >= 11 is 20.9. The lowest BCUT2D eigenvalue weighted by atomic mass is 10.2. The highest BCUT2D eigenvalue weighted by atomic mass is 79.9. The number of thiocarbonyl (C=S) groups is 1. The van der Waals surface area contributed by atoms with Crippen molar-refractivity contribution in [1.82, 2.24) is 15.3 Å². The van der Waals surface area contributed by atoms with Crippen LogP contribution in [0.5, 0.6) is 0 Å². The van der Waals surface area contributed by atoms with Gasteiger partial charge in [-0.2, -0.15) is 0 Å². The number of pyridine rings is 1. The van der Waals surface area contributed by atoms with Gasteiger partial charge in [0, 0.05) is 33.1 Å². The lowest BCUT2D eigenvalue weighted by Gasteiger charge is -2.08. The first kappa shape index (κ1) is 23.5. The highest BCUT2D eigenvalue weighted by Gasteiger charge is 2.16. The molecule has 0 unspecified atom stereocenters. The molecule has 35 heavy (non-hydrogen) atoms. The van der Waals surface area contributed by atoms with E-state index in [2.05, 4.69) is 36.5 Å². The Bertz CT molecular complexity index is 1600. The van der Waals surface area contributed by atoms with Gasteiger partial charge in [-0.15, -0.1) is 0 Å². The predicted octanol–water partition coefficient (Wildman–Crippen LogP) is 7.35. The minimum atomic E-state index is -0.515. The normalized spacial score (nSPS) is 10.9. The summed E-state index contributed by atoms with van der Waals surface area (Å²) in [5.41, 5.74) is 3.17. The van der Waals surface area contributed by atoms with E-state index in [-0.39, 0.29) is 10.9 Å². The van der Waals surface area contributed by atoms with Crippen LogP contribution in [-0.4, -0.2) is 21.0 Å². The topological polar surface area (TPSA) is 93.2 Å². The lowest BCUT2D eigenvalue weighted by Crippen LogP contribution is -2.33. The van der Waals surface area contributed by atoms with Crippen LogP contribution in [0.4, 0.5) is 5.69 Å². The van der Waals surface area contributed by atoms with Gasteiger partial charge < -0.3 is 14.2 Å². The molecule has 1 amide bonds. The van der Waals surface area contributed by atoms with Crippen LogP contribution in [0.3, 0.4) is 0 Å². The monoisotopic (exact) mass is 586 g/mol. The fraction of sp³-hybridized carbons (Fsp3) is 0. The molecule has 0 bridgehead atoms. The van der Waals surface area contributed by atoms with Crippen molar-refractivity contribution < 1.29 is 13.6 Å². The number of carbonyl (C=O) groups is 1. The van der Waals surface area contributed by atoms with E-state index in [1.165, 1.54) is 6.07 Å². The SMILES string of the molecule is O=C(NC(=S)Nc1ccc2oc(-c3cncc(Br)c3)nc2c1)c1ccc(-c2cc(Cl)ccc2Cl)o1. The summed E-state index contributed by atoms with van der Waals surface area (Å²) in [7, 11) is 0. The first-order valence-electron chi connectivity index (χ1n) is 10.0. The van der Waals surface area contributed by atoms with Gasteiger partial charge >= 0.3 is 0 Å². The standard InChI is InChI=1S/C24H13BrCl2N4O3S/c25-13-7-12(10-28-11-13)23-30-18-9-15(2-4-20(18)34-23)29-24(35)31-22(32)21-6-5-19(33-21)16-8-14(26)1-3-17(16)27/h1-11H,(H2,29,31,32,35). The molecule has 5 aromatic rings. The first-order chi connectivity index (χ1) is 16.9. The summed E-state index contributed by atoms with van der Waals surface area (Å²) in [6, 6.07) is 15.3. The van der Waals surface area contributed by atoms with Crippen LogP contribution >= 0.6 is 51.3 Å². The zero-order valence-electron chi connectivity index (χ0n) is 17.5. The molecule has 7 nitrogen and oxygen atoms in total. The Morgan fingerprint density at radius 3 is 2.69 bits per heavy atom. The second kappa shape index (κ2) is 9.79. The van der Waals surface area contributed by atoms with Crippen LogP contribution in [0.1, 0.15) is 10.6 Å². The molecule has 0 fully saturated rings. The van der Waals surface area contributed by atoms with E-state index in [0.717, 1.165) is 10.0 Å². The van der Waals surface area contributed by atoms with Crippen molar-refractivity contribution in [2.24, 2.45) is 0 Å². The van der Waals surface area contributed by atoms with E-state index < -0.39 is 5.91 Å². The van der Waals surface area contributed by atoms with E-state index in [0.29, 0.717) is 44.0 Å². The molecular formula is C24H13BrCl2N4O3S. The number of hydrogen-bond acceptors (Lipinski definition) is 6. The van der Waals surface area contributed by atoms with Crippen LogP contribution in [0.15, 0.2) is 80.3 Å². The summed E-state index contributed by atoms with van der Waals surface area (Å²) in [5.74, 6) is 0.406. The number of nitrogens with zero attached hydrogens (tertiary/aromatic N) is 2. The van der Waals surface area contributed by atoms with Crippen molar-refractivity contribution in [3.8, 4) is 22.8 Å². The maximum absolute atomic E-state index is 12.6. The Balaban J connectivity index is 1.28. The Labute approximate surface area is 222 Å². The van der Waals surface area contributed by atoms with E-state index in [1.54, 1.807) is 54.9 Å². The number of rotatable bonds is 4. The van der Waals surface area contributed by atoms with Gasteiger partial charge in [0.15, 0.2) is 16.5 Å². The second-order valence-electron chi connectivity index (χ2n) is 7.29. The smallest absolute Gasteiger partial charge is 0.293 e. The third-order valence-electron chi connectivity index (χ3n) is 4.85. The Morgan fingerprint density at radius 2 is 1.86 bits per heavy atom. The van der Waals surface area contributed by atoms with Gasteiger partial charge in [-0.05, 0) is 82.7 Å². The number of amides is 1. The van der Waals surface area contributed by atoms with Gasteiger partial charge in [0.05, 0.1) is 10.6 Å². The summed E-state index contributed by atoms with van der Waals surface area (Å²) in [5, 5.41) is 6.60. The molecule has 11 heteroatoms. The number of furan rings is 1. The number of benzene rings is 2. The number of oxazole rings is 1. The highest BCUT2D eigenvalue weighted by molar-refractivity contribution is 9.10. The fourth-order valence-corrected chi connectivity index (χ4v) is 4.23. The summed E-state index contributed by atoms with van der Waals surface area (Å²) < 4.78 is 12.3. The van der Waals surface area contributed by atoms with Gasteiger partial charge in [-0.1, -0.05) is 23.2 Å². The molecule has 0 aliphatic heterocycles. The minimum absolute atomic E-state index is 0.0689. The molecular weight excluding hydrogens is 575 g/mol. The van der Waals surface area contributed by atoms with Crippen LogP contribution in [-0.2, 0) is 0 Å². The van der Waals surface area contributed by atoms with E-state index in [4.69, 9.17) is 44.3 Å². The van der Waals surface area contributed by atoms with Crippen LogP contribution in [0, 0.1) is 0 Å². The molecule has 2 aromatic carbocycles.